The van der Waals surface area contributed by atoms with Gasteiger partial charge in [0.15, 0.2) is 5.16 Å². The molecule has 4 aromatic rings. The average Bonchev–Trinajstić information content (AvgIpc) is 3.21. The summed E-state index contributed by atoms with van der Waals surface area (Å²) in [5.41, 5.74) is 5.60. The number of aryl methyl sites for hydroxylation is 2. The second kappa shape index (κ2) is 9.90. The standard InChI is InChI=1S/C25H22N2O2S3/c1-15-12-16(2)27-25(26-15)31-14-20-13-22(17-8-10-21(30-3)11-9-17)32-23(20)18-4-6-19(7-5-18)24(28)29/h4-13H,14H2,1-3H3,(H,28,29). The van der Waals surface area contributed by atoms with Gasteiger partial charge in [-0.15, -0.1) is 23.1 Å². The molecule has 0 saturated carbocycles. The minimum atomic E-state index is -0.917. The Hall–Kier alpha value is -2.61. The highest BCUT2D eigenvalue weighted by atomic mass is 32.2. The van der Waals surface area contributed by atoms with Crippen LogP contribution >= 0.6 is 34.9 Å². The monoisotopic (exact) mass is 478 g/mol. The molecule has 0 unspecified atom stereocenters. The molecule has 2 aromatic carbocycles. The van der Waals surface area contributed by atoms with Crippen molar-refractivity contribution in [2.75, 3.05) is 6.26 Å². The van der Waals surface area contributed by atoms with Gasteiger partial charge in [0.1, 0.15) is 0 Å². The zero-order valence-electron chi connectivity index (χ0n) is 18.0. The van der Waals surface area contributed by atoms with Crippen molar-refractivity contribution in [3.8, 4) is 20.9 Å². The lowest BCUT2D eigenvalue weighted by Crippen LogP contribution is -1.95. The SMILES string of the molecule is CSc1ccc(-c2cc(CSc3nc(C)cc(C)n3)c(-c3ccc(C(=O)O)cc3)s2)cc1. The summed E-state index contributed by atoms with van der Waals surface area (Å²) in [5.74, 6) is -0.182. The first-order valence-electron chi connectivity index (χ1n) is 9.99. The van der Waals surface area contributed by atoms with Crippen LogP contribution in [0.15, 0.2) is 70.7 Å². The van der Waals surface area contributed by atoms with E-state index in [0.29, 0.717) is 0 Å². The number of hydrogen-bond acceptors (Lipinski definition) is 6. The van der Waals surface area contributed by atoms with Gasteiger partial charge in [0.25, 0.3) is 0 Å². The first kappa shape index (κ1) is 22.6. The molecule has 0 atom stereocenters. The lowest BCUT2D eigenvalue weighted by molar-refractivity contribution is 0.0697. The molecule has 1 N–H and O–H groups in total. The fourth-order valence-electron chi connectivity index (χ4n) is 3.34. The number of carbonyl (C=O) groups is 1. The van der Waals surface area contributed by atoms with Crippen LogP contribution in [0.5, 0.6) is 0 Å². The average molecular weight is 479 g/mol. The van der Waals surface area contributed by atoms with Crippen molar-refractivity contribution in [3.63, 3.8) is 0 Å². The Morgan fingerprint density at radius 1 is 0.938 bits per heavy atom. The molecule has 7 heteroatoms. The number of thioether (sulfide) groups is 2. The van der Waals surface area contributed by atoms with Crippen LogP contribution < -0.4 is 0 Å². The van der Waals surface area contributed by atoms with Crippen molar-refractivity contribution >= 4 is 40.8 Å². The number of carboxylic acid groups (broad SMARTS) is 1. The van der Waals surface area contributed by atoms with Crippen molar-refractivity contribution in [2.45, 2.75) is 29.7 Å². The lowest BCUT2D eigenvalue weighted by atomic mass is 10.1. The second-order valence-corrected chi connectivity index (χ2v) is 10.2. The van der Waals surface area contributed by atoms with Crippen LogP contribution in [0.25, 0.3) is 20.9 Å². The van der Waals surface area contributed by atoms with Crippen LogP contribution in [0.3, 0.4) is 0 Å². The van der Waals surface area contributed by atoms with Crippen molar-refractivity contribution in [2.24, 2.45) is 0 Å². The maximum atomic E-state index is 11.3. The maximum absolute atomic E-state index is 11.3. The van der Waals surface area contributed by atoms with E-state index in [0.717, 1.165) is 32.7 Å². The molecule has 0 spiro atoms. The zero-order chi connectivity index (χ0) is 22.7. The van der Waals surface area contributed by atoms with Gasteiger partial charge in [-0.1, -0.05) is 36.0 Å². The van der Waals surface area contributed by atoms with Gasteiger partial charge in [-0.05, 0) is 73.2 Å². The molecule has 0 fully saturated rings. The van der Waals surface area contributed by atoms with Crippen LogP contribution in [0.1, 0.15) is 27.3 Å². The Morgan fingerprint density at radius 2 is 1.56 bits per heavy atom. The number of hydrogen-bond donors (Lipinski definition) is 1. The Labute approximate surface area is 200 Å². The number of rotatable bonds is 7. The molecule has 0 aliphatic carbocycles. The summed E-state index contributed by atoms with van der Waals surface area (Å²) in [6, 6.07) is 19.9. The number of nitrogens with zero attached hydrogens (tertiary/aromatic N) is 2. The van der Waals surface area contributed by atoms with E-state index in [1.165, 1.54) is 20.9 Å². The minimum Gasteiger partial charge on any atom is -0.478 e. The summed E-state index contributed by atoms with van der Waals surface area (Å²) < 4.78 is 0. The van der Waals surface area contributed by atoms with E-state index < -0.39 is 5.97 Å². The summed E-state index contributed by atoms with van der Waals surface area (Å²) in [5, 5.41) is 10.0. The van der Waals surface area contributed by atoms with Gasteiger partial charge >= 0.3 is 5.97 Å². The summed E-state index contributed by atoms with van der Waals surface area (Å²) >= 11 is 5.07. The Morgan fingerprint density at radius 3 is 2.16 bits per heavy atom. The van der Waals surface area contributed by atoms with Gasteiger partial charge in [-0.2, -0.15) is 0 Å². The third-order valence-corrected chi connectivity index (χ3v) is 7.81. The highest BCUT2D eigenvalue weighted by molar-refractivity contribution is 7.98. The van der Waals surface area contributed by atoms with E-state index >= 15 is 0 Å². The van der Waals surface area contributed by atoms with Crippen LogP contribution in [0.4, 0.5) is 0 Å². The largest absolute Gasteiger partial charge is 0.478 e. The van der Waals surface area contributed by atoms with Crippen molar-refractivity contribution in [3.05, 3.63) is 83.2 Å². The van der Waals surface area contributed by atoms with Crippen molar-refractivity contribution in [1.82, 2.24) is 9.97 Å². The van der Waals surface area contributed by atoms with Crippen molar-refractivity contribution in [1.29, 1.82) is 0 Å². The normalized spacial score (nSPS) is 11.0. The zero-order valence-corrected chi connectivity index (χ0v) is 20.4. The lowest BCUT2D eigenvalue weighted by Gasteiger charge is -2.05. The smallest absolute Gasteiger partial charge is 0.335 e. The number of aromatic carboxylic acids is 1. The quantitative estimate of drug-likeness (QED) is 0.224. The van der Waals surface area contributed by atoms with Crippen LogP contribution in [0, 0.1) is 13.8 Å². The summed E-state index contributed by atoms with van der Waals surface area (Å²) in [7, 11) is 0. The number of thiophene rings is 1. The summed E-state index contributed by atoms with van der Waals surface area (Å²) in [4.78, 5) is 23.9. The second-order valence-electron chi connectivity index (χ2n) is 7.30. The minimum absolute atomic E-state index is 0.290. The topological polar surface area (TPSA) is 63.1 Å². The van der Waals surface area contributed by atoms with E-state index in [4.69, 9.17) is 0 Å². The molecule has 0 radical (unpaired) electrons. The molecule has 162 valence electrons. The molecule has 4 nitrogen and oxygen atoms in total. The molecule has 0 amide bonds. The van der Waals surface area contributed by atoms with Crippen LogP contribution in [-0.2, 0) is 5.75 Å². The molecular formula is C25H22N2O2S3. The van der Waals surface area contributed by atoms with Gasteiger partial charge < -0.3 is 5.11 Å². The molecule has 0 aliphatic heterocycles. The van der Waals surface area contributed by atoms with E-state index in [1.54, 1.807) is 47.0 Å². The van der Waals surface area contributed by atoms with Gasteiger partial charge in [-0.3, -0.25) is 0 Å². The number of benzene rings is 2. The summed E-state index contributed by atoms with van der Waals surface area (Å²) in [6.07, 6.45) is 2.07. The molecule has 0 bridgehead atoms. The molecule has 2 heterocycles. The molecule has 32 heavy (non-hydrogen) atoms. The van der Waals surface area contributed by atoms with E-state index in [9.17, 15) is 9.90 Å². The molecule has 2 aromatic heterocycles. The Kier molecular flexibility index (Phi) is 6.98. The maximum Gasteiger partial charge on any atom is 0.335 e. The highest BCUT2D eigenvalue weighted by Crippen LogP contribution is 2.41. The van der Waals surface area contributed by atoms with E-state index in [2.05, 4.69) is 46.6 Å². The predicted octanol–water partition coefficient (Wildman–Crippen LogP) is 7.20. The van der Waals surface area contributed by atoms with Gasteiger partial charge in [0, 0.05) is 31.8 Å². The predicted molar refractivity (Wildman–Crippen MR) is 135 cm³/mol. The first-order chi connectivity index (χ1) is 15.4. The van der Waals surface area contributed by atoms with Crippen LogP contribution in [-0.4, -0.2) is 27.3 Å². The number of carboxylic acids is 1. The fraction of sp³-hybridized carbons (Fsp3) is 0.160. The summed E-state index contributed by atoms with van der Waals surface area (Å²) in [6.45, 7) is 3.96. The van der Waals surface area contributed by atoms with Gasteiger partial charge in [0.05, 0.1) is 5.56 Å². The third-order valence-electron chi connectivity index (χ3n) is 4.90. The van der Waals surface area contributed by atoms with Crippen molar-refractivity contribution < 1.29 is 9.90 Å². The Balaban J connectivity index is 1.70. The molecule has 4 rings (SSSR count). The highest BCUT2D eigenvalue weighted by Gasteiger charge is 2.15. The third kappa shape index (κ3) is 5.23. The Bertz CT molecular complexity index is 1230. The van der Waals surface area contributed by atoms with E-state index in [1.807, 2.05) is 32.0 Å². The van der Waals surface area contributed by atoms with Crippen LogP contribution in [0.2, 0.25) is 0 Å². The number of aromatic nitrogens is 2. The first-order valence-corrected chi connectivity index (χ1v) is 13.0. The van der Waals surface area contributed by atoms with Gasteiger partial charge in [0.2, 0.25) is 0 Å². The molecule has 0 aliphatic rings. The molecular weight excluding hydrogens is 456 g/mol. The fourth-order valence-corrected chi connectivity index (χ4v) is 5.96. The van der Waals surface area contributed by atoms with E-state index in [-0.39, 0.29) is 5.56 Å². The molecule has 0 saturated heterocycles. The van der Waals surface area contributed by atoms with Gasteiger partial charge in [-0.25, -0.2) is 14.8 Å².